The summed E-state index contributed by atoms with van der Waals surface area (Å²) in [5.74, 6) is 0.879. The van der Waals surface area contributed by atoms with Gasteiger partial charge in [-0.3, -0.25) is 0 Å². The summed E-state index contributed by atoms with van der Waals surface area (Å²) >= 11 is 3.43. The van der Waals surface area contributed by atoms with Crippen LogP contribution in [0.25, 0.3) is 22.6 Å². The maximum Gasteiger partial charge on any atom is 0.159 e. The van der Waals surface area contributed by atoms with E-state index in [0.29, 0.717) is 0 Å². The number of imidazole rings is 1. The molecule has 18 heavy (non-hydrogen) atoms. The Morgan fingerprint density at radius 3 is 2.83 bits per heavy atom. The van der Waals surface area contributed by atoms with Gasteiger partial charge in [-0.2, -0.15) is 0 Å². The Morgan fingerprint density at radius 1 is 1.28 bits per heavy atom. The van der Waals surface area contributed by atoms with Crippen molar-refractivity contribution in [1.29, 1.82) is 0 Å². The van der Waals surface area contributed by atoms with E-state index in [9.17, 15) is 0 Å². The van der Waals surface area contributed by atoms with Gasteiger partial charge in [0.2, 0.25) is 0 Å². The van der Waals surface area contributed by atoms with Crippen LogP contribution in [0.1, 0.15) is 0 Å². The second-order valence-electron chi connectivity index (χ2n) is 4.08. The zero-order valence-electron chi connectivity index (χ0n) is 9.76. The van der Waals surface area contributed by atoms with Gasteiger partial charge in [0.25, 0.3) is 0 Å². The van der Waals surface area contributed by atoms with Crippen LogP contribution in [0.5, 0.6) is 0 Å². The average Bonchev–Trinajstić information content (AvgIpc) is 2.71. The molecular weight excluding hydrogens is 292 g/mol. The van der Waals surface area contributed by atoms with Gasteiger partial charge < -0.3 is 10.3 Å². The monoisotopic (exact) mass is 302 g/mol. The van der Waals surface area contributed by atoms with E-state index in [4.69, 9.17) is 5.73 Å². The Labute approximate surface area is 113 Å². The maximum atomic E-state index is 5.79. The Hall–Kier alpha value is -1.88. The van der Waals surface area contributed by atoms with Crippen LogP contribution in [0.4, 0.5) is 5.69 Å². The number of pyridine rings is 1. The predicted molar refractivity (Wildman–Crippen MR) is 76.1 cm³/mol. The first-order valence-corrected chi connectivity index (χ1v) is 6.29. The minimum Gasteiger partial charge on any atom is -0.398 e. The number of hydrogen-bond donors (Lipinski definition) is 1. The van der Waals surface area contributed by atoms with E-state index in [1.165, 1.54) is 0 Å². The minimum atomic E-state index is 0.718. The van der Waals surface area contributed by atoms with Gasteiger partial charge in [0.05, 0.1) is 0 Å². The minimum absolute atomic E-state index is 0.718. The summed E-state index contributed by atoms with van der Waals surface area (Å²) in [5, 5.41) is 0. The average molecular weight is 303 g/mol. The van der Waals surface area contributed by atoms with Crippen LogP contribution < -0.4 is 5.73 Å². The van der Waals surface area contributed by atoms with Crippen molar-refractivity contribution < 1.29 is 0 Å². The standard InChI is InChI=1S/C13H11BrN4/c1-18-12(8-4-5-10(15)9(14)7-8)17-11-3-2-6-16-13(11)18/h2-7H,15H2,1H3. The van der Waals surface area contributed by atoms with Crippen molar-refractivity contribution in [2.75, 3.05) is 5.73 Å². The molecule has 0 aliphatic carbocycles. The largest absolute Gasteiger partial charge is 0.398 e. The zero-order chi connectivity index (χ0) is 12.7. The number of nitrogens with two attached hydrogens (primary N) is 1. The van der Waals surface area contributed by atoms with E-state index in [-0.39, 0.29) is 0 Å². The summed E-state index contributed by atoms with van der Waals surface area (Å²) in [4.78, 5) is 8.92. The molecule has 0 spiro atoms. The third kappa shape index (κ3) is 1.67. The van der Waals surface area contributed by atoms with Gasteiger partial charge in [-0.05, 0) is 46.3 Å². The number of rotatable bonds is 1. The molecule has 2 aromatic heterocycles. The van der Waals surface area contributed by atoms with Crippen LogP contribution in [0, 0.1) is 0 Å². The lowest BCUT2D eigenvalue weighted by Gasteiger charge is -2.04. The van der Waals surface area contributed by atoms with Crippen LogP contribution >= 0.6 is 15.9 Å². The molecule has 0 bridgehead atoms. The van der Waals surface area contributed by atoms with Crippen LogP contribution in [-0.4, -0.2) is 14.5 Å². The molecule has 2 heterocycles. The third-order valence-corrected chi connectivity index (χ3v) is 3.57. The summed E-state index contributed by atoms with van der Waals surface area (Å²) < 4.78 is 2.85. The van der Waals surface area contributed by atoms with Crippen molar-refractivity contribution in [1.82, 2.24) is 14.5 Å². The summed E-state index contributed by atoms with van der Waals surface area (Å²) in [6, 6.07) is 9.64. The highest BCUT2D eigenvalue weighted by Gasteiger charge is 2.11. The molecule has 90 valence electrons. The molecule has 0 amide bonds. The Morgan fingerprint density at radius 2 is 2.11 bits per heavy atom. The van der Waals surface area contributed by atoms with Crippen molar-refractivity contribution in [2.24, 2.45) is 7.05 Å². The molecule has 0 radical (unpaired) electrons. The highest BCUT2D eigenvalue weighted by Crippen LogP contribution is 2.28. The number of hydrogen-bond acceptors (Lipinski definition) is 3. The molecule has 0 saturated heterocycles. The van der Waals surface area contributed by atoms with Crippen molar-refractivity contribution >= 4 is 32.8 Å². The second kappa shape index (κ2) is 4.10. The lowest BCUT2D eigenvalue weighted by atomic mass is 10.2. The molecule has 0 unspecified atom stereocenters. The van der Waals surface area contributed by atoms with E-state index in [1.807, 2.05) is 41.9 Å². The number of halogens is 1. The van der Waals surface area contributed by atoms with Crippen molar-refractivity contribution in [2.45, 2.75) is 0 Å². The molecule has 0 aliphatic rings. The number of nitrogens with zero attached hydrogens (tertiary/aromatic N) is 3. The number of fused-ring (bicyclic) bond motifs is 1. The molecule has 1 aromatic carbocycles. The smallest absolute Gasteiger partial charge is 0.159 e. The first-order chi connectivity index (χ1) is 8.66. The fourth-order valence-corrected chi connectivity index (χ4v) is 2.33. The summed E-state index contributed by atoms with van der Waals surface area (Å²) in [6.45, 7) is 0. The summed E-state index contributed by atoms with van der Waals surface area (Å²) in [5.41, 5.74) is 9.29. The van der Waals surface area contributed by atoms with Crippen molar-refractivity contribution in [3.05, 3.63) is 41.0 Å². The van der Waals surface area contributed by atoms with Crippen LogP contribution in [-0.2, 0) is 7.05 Å². The Balaban J connectivity index is 2.25. The first kappa shape index (κ1) is 11.2. The molecule has 4 nitrogen and oxygen atoms in total. The molecule has 0 fully saturated rings. The van der Waals surface area contributed by atoms with Crippen LogP contribution in [0.3, 0.4) is 0 Å². The predicted octanol–water partition coefficient (Wildman–Crippen LogP) is 2.98. The molecule has 0 aliphatic heterocycles. The summed E-state index contributed by atoms with van der Waals surface area (Å²) in [7, 11) is 1.96. The van der Waals surface area contributed by atoms with Crippen molar-refractivity contribution in [3.63, 3.8) is 0 Å². The van der Waals surface area contributed by atoms with Gasteiger partial charge in [0.1, 0.15) is 11.3 Å². The normalized spacial score (nSPS) is 11.0. The molecule has 2 N–H and O–H groups in total. The zero-order valence-corrected chi connectivity index (χ0v) is 11.3. The lowest BCUT2D eigenvalue weighted by Crippen LogP contribution is -1.94. The lowest BCUT2D eigenvalue weighted by molar-refractivity contribution is 0.942. The Bertz CT molecular complexity index is 733. The quantitative estimate of drug-likeness (QED) is 0.703. The molecule has 5 heteroatoms. The summed E-state index contributed by atoms with van der Waals surface area (Å²) in [6.07, 6.45) is 1.77. The second-order valence-corrected chi connectivity index (χ2v) is 4.93. The highest BCUT2D eigenvalue weighted by atomic mass is 79.9. The Kier molecular flexibility index (Phi) is 2.56. The molecule has 3 rings (SSSR count). The molecule has 0 saturated carbocycles. The van der Waals surface area contributed by atoms with E-state index in [1.54, 1.807) is 6.20 Å². The van der Waals surface area contributed by atoms with Gasteiger partial charge in [-0.25, -0.2) is 9.97 Å². The van der Waals surface area contributed by atoms with E-state index >= 15 is 0 Å². The van der Waals surface area contributed by atoms with Crippen LogP contribution in [0.2, 0.25) is 0 Å². The number of aromatic nitrogens is 3. The fraction of sp³-hybridized carbons (Fsp3) is 0.0769. The number of nitrogen functional groups attached to an aromatic ring is 1. The number of benzene rings is 1. The number of anilines is 1. The van der Waals surface area contributed by atoms with Gasteiger partial charge in [-0.15, -0.1) is 0 Å². The van der Waals surface area contributed by atoms with Crippen LogP contribution in [0.15, 0.2) is 41.0 Å². The molecular formula is C13H11BrN4. The third-order valence-electron chi connectivity index (χ3n) is 2.89. The van der Waals surface area contributed by atoms with Gasteiger partial charge in [0, 0.05) is 29.0 Å². The maximum absolute atomic E-state index is 5.79. The van der Waals surface area contributed by atoms with Gasteiger partial charge in [0.15, 0.2) is 5.65 Å². The van der Waals surface area contributed by atoms with E-state index in [2.05, 4.69) is 25.9 Å². The number of aryl methyl sites for hydroxylation is 1. The first-order valence-electron chi connectivity index (χ1n) is 5.49. The molecule has 0 atom stereocenters. The SMILES string of the molecule is Cn1c(-c2ccc(N)c(Br)c2)nc2cccnc21. The van der Waals surface area contributed by atoms with E-state index in [0.717, 1.165) is 32.7 Å². The highest BCUT2D eigenvalue weighted by molar-refractivity contribution is 9.10. The molecule has 3 aromatic rings. The van der Waals surface area contributed by atoms with E-state index < -0.39 is 0 Å². The van der Waals surface area contributed by atoms with Crippen molar-refractivity contribution in [3.8, 4) is 11.4 Å². The topological polar surface area (TPSA) is 56.7 Å². The van der Waals surface area contributed by atoms with Gasteiger partial charge >= 0.3 is 0 Å². The van der Waals surface area contributed by atoms with Gasteiger partial charge in [-0.1, -0.05) is 0 Å². The fourth-order valence-electron chi connectivity index (χ4n) is 1.95.